The maximum absolute atomic E-state index is 4.95. The fourth-order valence-electron chi connectivity index (χ4n) is 0.923. The van der Waals surface area contributed by atoms with E-state index in [-0.39, 0.29) is 0 Å². The zero-order valence-electron chi connectivity index (χ0n) is 6.40. The lowest BCUT2D eigenvalue weighted by Gasteiger charge is -1.95. The van der Waals surface area contributed by atoms with E-state index >= 15 is 0 Å². The van der Waals surface area contributed by atoms with Crippen LogP contribution in [0.3, 0.4) is 0 Å². The van der Waals surface area contributed by atoms with Gasteiger partial charge in [0.2, 0.25) is 4.77 Å². The zero-order valence-corrected chi connectivity index (χ0v) is 8.85. The van der Waals surface area contributed by atoms with Gasteiger partial charge in [-0.3, -0.25) is 0 Å². The first-order valence-corrected chi connectivity index (χ1v) is 5.20. The van der Waals surface area contributed by atoms with E-state index in [1.807, 2.05) is 17.5 Å². The van der Waals surface area contributed by atoms with Crippen LogP contribution in [0.25, 0.3) is 10.7 Å². The molecule has 0 unspecified atom stereocenters. The molecule has 6 heteroatoms. The van der Waals surface area contributed by atoms with E-state index in [2.05, 4.69) is 15.0 Å². The van der Waals surface area contributed by atoms with Gasteiger partial charge in [0.05, 0.1) is 4.88 Å². The van der Waals surface area contributed by atoms with Crippen LogP contribution < -0.4 is 0 Å². The Morgan fingerprint density at radius 3 is 2.77 bits per heavy atom. The molecule has 0 bridgehead atoms. The summed E-state index contributed by atoms with van der Waals surface area (Å²) >= 11 is 11.5. The molecule has 0 atom stereocenters. The van der Waals surface area contributed by atoms with Crippen LogP contribution >= 0.6 is 35.8 Å². The Morgan fingerprint density at radius 1 is 1.31 bits per heavy atom. The van der Waals surface area contributed by atoms with Gasteiger partial charge < -0.3 is 9.97 Å². The van der Waals surface area contributed by atoms with Gasteiger partial charge in [0.15, 0.2) is 10.6 Å². The zero-order chi connectivity index (χ0) is 9.26. The summed E-state index contributed by atoms with van der Waals surface area (Å²) in [6, 6.07) is 3.92. The maximum atomic E-state index is 4.95. The van der Waals surface area contributed by atoms with Crippen molar-refractivity contribution in [2.75, 3.05) is 0 Å². The first-order valence-electron chi connectivity index (χ1n) is 3.50. The van der Waals surface area contributed by atoms with E-state index in [0.717, 1.165) is 10.7 Å². The minimum atomic E-state index is 0.409. The van der Waals surface area contributed by atoms with Crippen molar-refractivity contribution < 1.29 is 0 Å². The van der Waals surface area contributed by atoms with E-state index in [0.29, 0.717) is 9.54 Å². The molecule has 2 aromatic rings. The molecule has 0 saturated carbocycles. The second kappa shape index (κ2) is 3.49. The molecule has 2 aromatic heterocycles. The molecule has 0 aliphatic heterocycles. The highest BCUT2D eigenvalue weighted by Gasteiger charge is 1.99. The Bertz CT molecular complexity index is 480. The highest BCUT2D eigenvalue weighted by molar-refractivity contribution is 7.71. The molecule has 0 spiro atoms. The Kier molecular flexibility index (Phi) is 2.34. The number of hydrogen-bond acceptors (Lipinski definition) is 4. The van der Waals surface area contributed by atoms with Crippen LogP contribution in [0, 0.1) is 9.54 Å². The first-order chi connectivity index (χ1) is 6.25. The largest absolute Gasteiger partial charge is 0.316 e. The van der Waals surface area contributed by atoms with Gasteiger partial charge in [0, 0.05) is 0 Å². The number of H-pyrrole nitrogens is 2. The fraction of sp³-hybridized carbons (Fsp3) is 0. The standard InChI is InChI=1S/C7H5N3S3/c11-6-8-5(9-7(12)10-6)4-2-1-3-13-4/h1-3H,(H2,8,9,10,11,12). The molecule has 66 valence electrons. The van der Waals surface area contributed by atoms with Gasteiger partial charge in [-0.2, -0.15) is 0 Å². The predicted octanol–water partition coefficient (Wildman–Crippen LogP) is 2.93. The smallest absolute Gasteiger partial charge is 0.201 e. The minimum Gasteiger partial charge on any atom is -0.316 e. The molecule has 2 N–H and O–H groups in total. The van der Waals surface area contributed by atoms with Crippen LogP contribution in [0.15, 0.2) is 17.5 Å². The lowest BCUT2D eigenvalue weighted by molar-refractivity contribution is 1.02. The monoisotopic (exact) mass is 227 g/mol. The van der Waals surface area contributed by atoms with Gasteiger partial charge in [-0.1, -0.05) is 6.07 Å². The van der Waals surface area contributed by atoms with E-state index in [4.69, 9.17) is 24.4 Å². The Morgan fingerprint density at radius 2 is 2.15 bits per heavy atom. The summed E-state index contributed by atoms with van der Waals surface area (Å²) in [5, 5.41) is 1.98. The molecule has 3 nitrogen and oxygen atoms in total. The Labute approximate surface area is 88.5 Å². The van der Waals surface area contributed by atoms with Gasteiger partial charge in [-0.15, -0.1) is 11.3 Å². The van der Waals surface area contributed by atoms with Crippen LogP contribution in [0.1, 0.15) is 0 Å². The summed E-state index contributed by atoms with van der Waals surface area (Å²) in [6.45, 7) is 0. The SMILES string of the molecule is S=c1nc(-c2cccs2)[nH]c(=S)[nH]1. The molecule has 0 aliphatic rings. The number of nitrogens with one attached hydrogen (secondary N) is 2. The molecule has 0 fully saturated rings. The average Bonchev–Trinajstić information content (AvgIpc) is 2.53. The molecule has 2 heterocycles. The van der Waals surface area contributed by atoms with Crippen LogP contribution in [0.4, 0.5) is 0 Å². The number of aromatic amines is 2. The van der Waals surface area contributed by atoms with E-state index < -0.39 is 0 Å². The van der Waals surface area contributed by atoms with Gasteiger partial charge >= 0.3 is 0 Å². The third-order valence-electron chi connectivity index (χ3n) is 1.42. The molecular weight excluding hydrogens is 222 g/mol. The van der Waals surface area contributed by atoms with Crippen molar-refractivity contribution in [1.29, 1.82) is 0 Å². The van der Waals surface area contributed by atoms with Gasteiger partial charge in [-0.25, -0.2) is 4.98 Å². The summed E-state index contributed by atoms with van der Waals surface area (Å²) < 4.78 is 0.913. The van der Waals surface area contributed by atoms with Crippen LogP contribution in [-0.2, 0) is 0 Å². The Balaban J connectivity index is 2.66. The summed E-state index contributed by atoms with van der Waals surface area (Å²) in [5.74, 6) is 0.726. The maximum Gasteiger partial charge on any atom is 0.201 e. The lowest BCUT2D eigenvalue weighted by atomic mass is 10.4. The van der Waals surface area contributed by atoms with Crippen molar-refractivity contribution in [2.45, 2.75) is 0 Å². The van der Waals surface area contributed by atoms with E-state index in [1.54, 1.807) is 11.3 Å². The quantitative estimate of drug-likeness (QED) is 0.736. The third kappa shape index (κ3) is 1.90. The van der Waals surface area contributed by atoms with Crippen molar-refractivity contribution in [1.82, 2.24) is 15.0 Å². The topological polar surface area (TPSA) is 44.5 Å². The van der Waals surface area contributed by atoms with Gasteiger partial charge in [0.1, 0.15) is 0 Å². The van der Waals surface area contributed by atoms with E-state index in [9.17, 15) is 0 Å². The molecule has 0 radical (unpaired) electrons. The van der Waals surface area contributed by atoms with Crippen molar-refractivity contribution in [3.05, 3.63) is 27.1 Å². The normalized spacial score (nSPS) is 10.2. The number of nitrogens with zero attached hydrogens (tertiary/aromatic N) is 1. The van der Waals surface area contributed by atoms with Crippen LogP contribution in [-0.4, -0.2) is 15.0 Å². The van der Waals surface area contributed by atoms with Crippen molar-refractivity contribution >= 4 is 35.8 Å². The minimum absolute atomic E-state index is 0.409. The second-order valence-electron chi connectivity index (χ2n) is 2.32. The average molecular weight is 227 g/mol. The fourth-order valence-corrected chi connectivity index (χ4v) is 2.04. The Hall–Kier alpha value is -0.850. The molecule has 13 heavy (non-hydrogen) atoms. The second-order valence-corrected chi connectivity index (χ2v) is 4.06. The summed E-state index contributed by atoms with van der Waals surface area (Å²) in [4.78, 5) is 10.8. The highest BCUT2D eigenvalue weighted by atomic mass is 32.1. The van der Waals surface area contributed by atoms with Crippen LogP contribution in [0.2, 0.25) is 0 Å². The molecular formula is C7H5N3S3. The number of hydrogen-bond donors (Lipinski definition) is 2. The molecule has 0 aliphatic carbocycles. The predicted molar refractivity (Wildman–Crippen MR) is 57.9 cm³/mol. The highest BCUT2D eigenvalue weighted by Crippen LogP contribution is 2.19. The first kappa shape index (κ1) is 8.74. The molecule has 0 aromatic carbocycles. The summed E-state index contributed by atoms with van der Waals surface area (Å²) in [5.41, 5.74) is 0. The summed E-state index contributed by atoms with van der Waals surface area (Å²) in [7, 11) is 0. The lowest BCUT2D eigenvalue weighted by Crippen LogP contribution is -1.90. The van der Waals surface area contributed by atoms with E-state index in [1.165, 1.54) is 0 Å². The number of rotatable bonds is 1. The van der Waals surface area contributed by atoms with Gasteiger partial charge in [0.25, 0.3) is 0 Å². The summed E-state index contributed by atoms with van der Waals surface area (Å²) in [6.07, 6.45) is 0. The number of aromatic nitrogens is 3. The molecule has 0 saturated heterocycles. The third-order valence-corrected chi connectivity index (χ3v) is 2.69. The van der Waals surface area contributed by atoms with Crippen molar-refractivity contribution in [2.24, 2.45) is 0 Å². The van der Waals surface area contributed by atoms with Crippen molar-refractivity contribution in [3.8, 4) is 10.7 Å². The van der Waals surface area contributed by atoms with Crippen molar-refractivity contribution in [3.63, 3.8) is 0 Å². The molecule has 0 amide bonds. The van der Waals surface area contributed by atoms with Gasteiger partial charge in [-0.05, 0) is 35.9 Å². The van der Waals surface area contributed by atoms with Crippen LogP contribution in [0.5, 0.6) is 0 Å². The number of thiophene rings is 1. The molecule has 2 rings (SSSR count).